The average molecular weight is 248 g/mol. The van der Waals surface area contributed by atoms with Crippen LogP contribution in [0.2, 0.25) is 0 Å². The second-order valence-corrected chi connectivity index (χ2v) is 4.00. The van der Waals surface area contributed by atoms with Gasteiger partial charge in [-0.2, -0.15) is 0 Å². The van der Waals surface area contributed by atoms with Gasteiger partial charge in [-0.15, -0.1) is 0 Å². The van der Waals surface area contributed by atoms with Crippen LogP contribution in [-0.2, 0) is 4.74 Å². The van der Waals surface area contributed by atoms with Gasteiger partial charge in [0.1, 0.15) is 6.20 Å². The number of nitrogens with two attached hydrogens (primary N) is 1. The van der Waals surface area contributed by atoms with E-state index in [0.29, 0.717) is 11.6 Å². The Kier molecular flexibility index (Phi) is 4.62. The third-order valence-electron chi connectivity index (χ3n) is 2.20. The van der Waals surface area contributed by atoms with Crippen molar-refractivity contribution in [3.8, 4) is 0 Å². The van der Waals surface area contributed by atoms with Crippen molar-refractivity contribution in [2.24, 2.45) is 5.92 Å². The van der Waals surface area contributed by atoms with E-state index in [9.17, 15) is 0 Å². The van der Waals surface area contributed by atoms with Crippen LogP contribution in [-0.4, -0.2) is 26.0 Å². The van der Waals surface area contributed by atoms with E-state index in [2.05, 4.69) is 15.9 Å². The highest BCUT2D eigenvalue weighted by atomic mass is 79.9. The number of quaternary nitrogens is 1. The molecule has 1 saturated heterocycles. The highest BCUT2D eigenvalue weighted by Gasteiger charge is 2.20. The maximum Gasteiger partial charge on any atom is 0.109 e. The molecule has 1 heterocycles. The van der Waals surface area contributed by atoms with Crippen LogP contribution in [0.25, 0.3) is 0 Å². The number of allylic oxidation sites excluding steroid dienone is 1. The molecule has 3 nitrogen and oxygen atoms in total. The maximum absolute atomic E-state index is 7.90. The van der Waals surface area contributed by atoms with Gasteiger partial charge in [0.15, 0.2) is 0 Å². The van der Waals surface area contributed by atoms with Gasteiger partial charge in [0.25, 0.3) is 0 Å². The predicted molar refractivity (Wildman–Crippen MR) is 56.1 cm³/mol. The minimum Gasteiger partial charge on any atom is -0.381 e. The van der Waals surface area contributed by atoms with Crippen molar-refractivity contribution in [1.82, 2.24) is 0 Å². The van der Waals surface area contributed by atoms with Crippen LogP contribution in [0.5, 0.6) is 0 Å². The maximum atomic E-state index is 7.90. The van der Waals surface area contributed by atoms with E-state index < -0.39 is 0 Å². The van der Waals surface area contributed by atoms with Crippen LogP contribution in [0, 0.1) is 11.3 Å². The van der Waals surface area contributed by atoms with Crippen LogP contribution in [0.1, 0.15) is 12.8 Å². The average Bonchev–Trinajstić information content (AvgIpc) is 2.18. The molecule has 0 aromatic heterocycles. The van der Waals surface area contributed by atoms with E-state index in [4.69, 9.17) is 10.1 Å². The Morgan fingerprint density at radius 1 is 1.54 bits per heavy atom. The molecular formula is C9H16BrN2O+. The number of hydrogen-bond acceptors (Lipinski definition) is 2. The first-order chi connectivity index (χ1) is 6.25. The predicted octanol–water partition coefficient (Wildman–Crippen LogP) is 0.862. The lowest BCUT2D eigenvalue weighted by molar-refractivity contribution is -0.556. The molecule has 1 rings (SSSR count). The molecule has 1 aliphatic heterocycles. The zero-order chi connectivity index (χ0) is 9.68. The summed E-state index contributed by atoms with van der Waals surface area (Å²) in [7, 11) is 1.96. The molecule has 0 aliphatic carbocycles. The molecule has 0 amide bonds. The number of ether oxygens (including phenoxy) is 1. The van der Waals surface area contributed by atoms with Crippen LogP contribution in [0.3, 0.4) is 0 Å². The van der Waals surface area contributed by atoms with Gasteiger partial charge in [0.2, 0.25) is 0 Å². The number of hydrogen-bond donors (Lipinski definition) is 2. The Morgan fingerprint density at radius 3 is 2.69 bits per heavy atom. The zero-order valence-corrected chi connectivity index (χ0v) is 9.43. The second kappa shape index (κ2) is 5.52. The van der Waals surface area contributed by atoms with Crippen molar-refractivity contribution < 1.29 is 10.1 Å². The van der Waals surface area contributed by atoms with E-state index in [1.807, 2.05) is 18.6 Å². The molecule has 0 saturated carbocycles. The van der Waals surface area contributed by atoms with Gasteiger partial charge < -0.3 is 15.5 Å². The quantitative estimate of drug-likeness (QED) is 0.715. The standard InChI is InChI=1S/C9H15BrN2O/c1-12-6-8(10)9(11)7-2-4-13-5-3-7/h6-7,11-12H,2-5H2,1H3/p+1. The Labute approximate surface area is 87.2 Å². The number of rotatable bonds is 3. The zero-order valence-electron chi connectivity index (χ0n) is 7.85. The van der Waals surface area contributed by atoms with Crippen molar-refractivity contribution >= 4 is 21.6 Å². The fraction of sp³-hybridized carbons (Fsp3) is 0.667. The van der Waals surface area contributed by atoms with Gasteiger partial charge in [-0.25, -0.2) is 0 Å². The minimum atomic E-state index is 0.374. The Bertz CT molecular complexity index is 210. The lowest BCUT2D eigenvalue weighted by Crippen LogP contribution is -2.73. The molecular weight excluding hydrogens is 232 g/mol. The largest absolute Gasteiger partial charge is 0.381 e. The van der Waals surface area contributed by atoms with Crippen LogP contribution >= 0.6 is 15.9 Å². The molecule has 0 aromatic carbocycles. The molecule has 0 aromatic rings. The molecule has 13 heavy (non-hydrogen) atoms. The molecule has 3 N–H and O–H groups in total. The SMILES string of the molecule is C[NH2+]C=C(Br)C(=N)C1CCOCC1. The first-order valence-corrected chi connectivity index (χ1v) is 5.36. The van der Waals surface area contributed by atoms with Crippen LogP contribution < -0.4 is 5.32 Å². The lowest BCUT2D eigenvalue weighted by atomic mass is 9.95. The summed E-state index contributed by atoms with van der Waals surface area (Å²) < 4.78 is 6.15. The number of nitrogens with one attached hydrogen (secondary N) is 1. The summed E-state index contributed by atoms with van der Waals surface area (Å²) in [6.45, 7) is 1.59. The van der Waals surface area contributed by atoms with Crippen LogP contribution in [0.4, 0.5) is 0 Å². The summed E-state index contributed by atoms with van der Waals surface area (Å²) >= 11 is 3.40. The highest BCUT2D eigenvalue weighted by molar-refractivity contribution is 9.12. The fourth-order valence-corrected chi connectivity index (χ4v) is 2.01. The summed E-state index contributed by atoms with van der Waals surface area (Å²) in [6, 6.07) is 0. The third-order valence-corrected chi connectivity index (χ3v) is 2.89. The monoisotopic (exact) mass is 247 g/mol. The Balaban J connectivity index is 2.50. The van der Waals surface area contributed by atoms with Gasteiger partial charge in [-0.3, -0.25) is 0 Å². The third kappa shape index (κ3) is 3.21. The topological polar surface area (TPSA) is 49.7 Å². The molecule has 0 radical (unpaired) electrons. The Hall–Kier alpha value is -0.190. The summed E-state index contributed by atoms with van der Waals surface area (Å²) in [5.74, 6) is 0.374. The second-order valence-electron chi connectivity index (χ2n) is 3.15. The Morgan fingerprint density at radius 2 is 2.15 bits per heavy atom. The summed E-state index contributed by atoms with van der Waals surface area (Å²) in [4.78, 5) is 0. The summed E-state index contributed by atoms with van der Waals surface area (Å²) in [6.07, 6.45) is 3.88. The molecule has 4 heteroatoms. The van der Waals surface area contributed by atoms with E-state index in [1.165, 1.54) is 0 Å². The first-order valence-electron chi connectivity index (χ1n) is 4.57. The van der Waals surface area contributed by atoms with Gasteiger partial charge in [0, 0.05) is 19.1 Å². The molecule has 0 atom stereocenters. The first kappa shape index (κ1) is 10.9. The minimum absolute atomic E-state index is 0.374. The molecule has 1 aliphatic rings. The van der Waals surface area contributed by atoms with Gasteiger partial charge in [0.05, 0.1) is 17.2 Å². The van der Waals surface area contributed by atoms with Gasteiger partial charge >= 0.3 is 0 Å². The fourth-order valence-electron chi connectivity index (χ4n) is 1.42. The molecule has 0 bridgehead atoms. The van der Waals surface area contributed by atoms with Crippen LogP contribution in [0.15, 0.2) is 10.7 Å². The van der Waals surface area contributed by atoms with Crippen molar-refractivity contribution in [3.63, 3.8) is 0 Å². The van der Waals surface area contributed by atoms with Crippen molar-refractivity contribution in [2.45, 2.75) is 12.8 Å². The smallest absolute Gasteiger partial charge is 0.109 e. The summed E-state index contributed by atoms with van der Waals surface area (Å²) in [5, 5.41) is 9.84. The van der Waals surface area contributed by atoms with Crippen molar-refractivity contribution in [2.75, 3.05) is 20.3 Å². The normalized spacial score (nSPS) is 20.3. The van der Waals surface area contributed by atoms with E-state index in [-0.39, 0.29) is 0 Å². The van der Waals surface area contributed by atoms with Crippen molar-refractivity contribution in [3.05, 3.63) is 10.7 Å². The lowest BCUT2D eigenvalue weighted by Gasteiger charge is -2.22. The van der Waals surface area contributed by atoms with E-state index in [0.717, 1.165) is 30.5 Å². The summed E-state index contributed by atoms with van der Waals surface area (Å²) in [5.41, 5.74) is 0.710. The molecule has 74 valence electrons. The van der Waals surface area contributed by atoms with Gasteiger partial charge in [-0.05, 0) is 28.8 Å². The molecule has 1 fully saturated rings. The van der Waals surface area contributed by atoms with E-state index in [1.54, 1.807) is 0 Å². The van der Waals surface area contributed by atoms with Gasteiger partial charge in [-0.1, -0.05) is 0 Å². The molecule has 0 unspecified atom stereocenters. The molecule has 0 spiro atoms. The number of halogens is 1. The highest BCUT2D eigenvalue weighted by Crippen LogP contribution is 2.21. The van der Waals surface area contributed by atoms with Crippen molar-refractivity contribution in [1.29, 1.82) is 5.41 Å². The van der Waals surface area contributed by atoms with E-state index >= 15 is 0 Å².